The largest absolute Gasteiger partial charge is 0.573 e. The first-order chi connectivity index (χ1) is 13.3. The van der Waals surface area contributed by atoms with E-state index in [9.17, 15) is 13.2 Å². The molecule has 0 radical (unpaired) electrons. The van der Waals surface area contributed by atoms with Crippen LogP contribution in [0.4, 0.5) is 24.8 Å². The number of imidazole rings is 1. The van der Waals surface area contributed by atoms with Crippen LogP contribution in [0.25, 0.3) is 11.0 Å². The summed E-state index contributed by atoms with van der Waals surface area (Å²) in [5.41, 5.74) is 9.53. The predicted molar refractivity (Wildman–Crippen MR) is 102 cm³/mol. The van der Waals surface area contributed by atoms with Crippen molar-refractivity contribution in [3.05, 3.63) is 48.0 Å². The van der Waals surface area contributed by atoms with Gasteiger partial charge in [-0.05, 0) is 54.7 Å². The Morgan fingerprint density at radius 2 is 1.75 bits per heavy atom. The molecule has 1 fully saturated rings. The van der Waals surface area contributed by atoms with Crippen molar-refractivity contribution in [1.82, 2.24) is 9.55 Å². The molecule has 8 heteroatoms. The minimum atomic E-state index is -4.66. The van der Waals surface area contributed by atoms with Crippen LogP contribution in [0.2, 0.25) is 0 Å². The van der Waals surface area contributed by atoms with Gasteiger partial charge in [-0.2, -0.15) is 0 Å². The average molecular weight is 390 g/mol. The number of aryl methyl sites for hydroxylation is 1. The van der Waals surface area contributed by atoms with Crippen molar-refractivity contribution >= 4 is 22.7 Å². The van der Waals surface area contributed by atoms with Crippen molar-refractivity contribution in [2.45, 2.75) is 25.1 Å². The van der Waals surface area contributed by atoms with Crippen LogP contribution in [0.3, 0.4) is 0 Å². The van der Waals surface area contributed by atoms with Gasteiger partial charge in [0.15, 0.2) is 0 Å². The molecule has 0 saturated carbocycles. The summed E-state index contributed by atoms with van der Waals surface area (Å²) in [5, 5.41) is 0. The maximum absolute atomic E-state index is 12.3. The second-order valence-electron chi connectivity index (χ2n) is 7.10. The number of piperidine rings is 1. The number of benzene rings is 2. The topological polar surface area (TPSA) is 56.3 Å². The van der Waals surface area contributed by atoms with Crippen LogP contribution in [0.1, 0.15) is 24.3 Å². The van der Waals surface area contributed by atoms with Crippen LogP contribution < -0.4 is 15.4 Å². The number of anilines is 2. The standard InChI is InChI=1S/C20H21F3N4O/c1-26-18-12-15(24)4-7-17(18)25-19(26)27-10-8-14(9-11-27)13-2-5-16(6-3-13)28-20(21,22)23/h2-7,12,14H,8-11,24H2,1H3. The predicted octanol–water partition coefficient (Wildman–Crippen LogP) is 4.44. The lowest BCUT2D eigenvalue weighted by molar-refractivity contribution is -0.274. The number of fused-ring (bicyclic) bond motifs is 1. The Morgan fingerprint density at radius 3 is 2.39 bits per heavy atom. The summed E-state index contributed by atoms with van der Waals surface area (Å²) in [4.78, 5) is 6.97. The lowest BCUT2D eigenvalue weighted by Crippen LogP contribution is -2.34. The highest BCUT2D eigenvalue weighted by Crippen LogP contribution is 2.33. The third-order valence-corrected chi connectivity index (χ3v) is 5.24. The first kappa shape index (κ1) is 18.5. The molecule has 0 spiro atoms. The molecular formula is C20H21F3N4O. The molecule has 1 saturated heterocycles. The fourth-order valence-electron chi connectivity index (χ4n) is 3.83. The van der Waals surface area contributed by atoms with Crippen LogP contribution >= 0.6 is 0 Å². The Morgan fingerprint density at radius 1 is 1.07 bits per heavy atom. The SMILES string of the molecule is Cn1c(N2CCC(c3ccc(OC(F)(F)F)cc3)CC2)nc2ccc(N)cc21. The second kappa shape index (κ2) is 6.92. The van der Waals surface area contributed by atoms with Gasteiger partial charge in [-0.1, -0.05) is 12.1 Å². The number of hydrogen-bond donors (Lipinski definition) is 1. The second-order valence-corrected chi connectivity index (χ2v) is 7.10. The molecule has 148 valence electrons. The summed E-state index contributed by atoms with van der Waals surface area (Å²) in [5.74, 6) is 1.03. The van der Waals surface area contributed by atoms with E-state index in [2.05, 4.69) is 14.2 Å². The molecule has 1 aliphatic rings. The Labute approximate surface area is 160 Å². The smallest absolute Gasteiger partial charge is 0.406 e. The Hall–Kier alpha value is -2.90. The van der Waals surface area contributed by atoms with Gasteiger partial charge in [0, 0.05) is 25.8 Å². The first-order valence-corrected chi connectivity index (χ1v) is 9.13. The van der Waals surface area contributed by atoms with E-state index < -0.39 is 6.36 Å². The van der Waals surface area contributed by atoms with Crippen molar-refractivity contribution < 1.29 is 17.9 Å². The maximum Gasteiger partial charge on any atom is 0.573 e. The van der Waals surface area contributed by atoms with E-state index in [1.54, 1.807) is 12.1 Å². The normalized spacial score (nSPS) is 15.9. The molecule has 3 aromatic rings. The van der Waals surface area contributed by atoms with Crippen LogP contribution in [0.5, 0.6) is 5.75 Å². The molecule has 2 heterocycles. The zero-order valence-electron chi connectivity index (χ0n) is 15.4. The number of nitrogen functional groups attached to an aromatic ring is 1. The van der Waals surface area contributed by atoms with Gasteiger partial charge in [0.1, 0.15) is 5.75 Å². The fourth-order valence-corrected chi connectivity index (χ4v) is 3.83. The van der Waals surface area contributed by atoms with Crippen molar-refractivity contribution in [2.24, 2.45) is 7.05 Å². The maximum atomic E-state index is 12.3. The van der Waals surface area contributed by atoms with E-state index >= 15 is 0 Å². The third kappa shape index (κ3) is 3.72. The summed E-state index contributed by atoms with van der Waals surface area (Å²) >= 11 is 0. The van der Waals surface area contributed by atoms with E-state index in [-0.39, 0.29) is 5.75 Å². The molecule has 1 aliphatic heterocycles. The quantitative estimate of drug-likeness (QED) is 0.672. The van der Waals surface area contributed by atoms with Gasteiger partial charge < -0.3 is 19.9 Å². The number of hydrogen-bond acceptors (Lipinski definition) is 4. The minimum Gasteiger partial charge on any atom is -0.406 e. The van der Waals surface area contributed by atoms with Gasteiger partial charge in [-0.25, -0.2) is 4.98 Å². The number of ether oxygens (including phenoxy) is 1. The van der Waals surface area contributed by atoms with Gasteiger partial charge >= 0.3 is 6.36 Å². The van der Waals surface area contributed by atoms with E-state index in [1.807, 2.05) is 25.2 Å². The van der Waals surface area contributed by atoms with Crippen molar-refractivity contribution in [3.8, 4) is 5.75 Å². The number of nitrogens with two attached hydrogens (primary N) is 1. The molecule has 2 N–H and O–H groups in total. The Kier molecular flexibility index (Phi) is 4.56. The monoisotopic (exact) mass is 390 g/mol. The van der Waals surface area contributed by atoms with E-state index in [0.29, 0.717) is 11.6 Å². The number of rotatable bonds is 3. The van der Waals surface area contributed by atoms with E-state index in [4.69, 9.17) is 10.7 Å². The van der Waals surface area contributed by atoms with Crippen LogP contribution in [-0.4, -0.2) is 29.0 Å². The molecule has 0 bridgehead atoms. The Balaban J connectivity index is 1.44. The number of alkyl halides is 3. The average Bonchev–Trinajstić information content (AvgIpc) is 2.98. The molecule has 28 heavy (non-hydrogen) atoms. The molecular weight excluding hydrogens is 369 g/mol. The number of halogens is 3. The van der Waals surface area contributed by atoms with Crippen molar-refractivity contribution in [2.75, 3.05) is 23.7 Å². The molecule has 1 aromatic heterocycles. The summed E-state index contributed by atoms with van der Waals surface area (Å²) in [6.45, 7) is 1.66. The Bertz CT molecular complexity index is 974. The molecule has 0 aliphatic carbocycles. The molecule has 0 unspecified atom stereocenters. The number of aromatic nitrogens is 2. The summed E-state index contributed by atoms with van der Waals surface area (Å²) in [6.07, 6.45) is -2.85. The minimum absolute atomic E-state index is 0.187. The summed E-state index contributed by atoms with van der Waals surface area (Å²) < 4.78 is 42.9. The van der Waals surface area contributed by atoms with Gasteiger partial charge in [-0.15, -0.1) is 13.2 Å². The van der Waals surface area contributed by atoms with Crippen LogP contribution in [-0.2, 0) is 7.05 Å². The van der Waals surface area contributed by atoms with E-state index in [1.165, 1.54) is 12.1 Å². The van der Waals surface area contributed by atoms with Crippen LogP contribution in [0, 0.1) is 0 Å². The van der Waals surface area contributed by atoms with Crippen LogP contribution in [0.15, 0.2) is 42.5 Å². The van der Waals surface area contributed by atoms with Crippen molar-refractivity contribution in [3.63, 3.8) is 0 Å². The summed E-state index contributed by atoms with van der Waals surface area (Å²) in [7, 11) is 1.98. The highest BCUT2D eigenvalue weighted by Gasteiger charge is 2.31. The van der Waals surface area contributed by atoms with Gasteiger partial charge in [-0.3, -0.25) is 0 Å². The summed E-state index contributed by atoms with van der Waals surface area (Å²) in [6, 6.07) is 11.9. The molecule has 0 amide bonds. The van der Waals surface area contributed by atoms with Crippen molar-refractivity contribution in [1.29, 1.82) is 0 Å². The fraction of sp³-hybridized carbons (Fsp3) is 0.350. The molecule has 0 atom stereocenters. The molecule has 5 nitrogen and oxygen atoms in total. The lowest BCUT2D eigenvalue weighted by Gasteiger charge is -2.33. The lowest BCUT2D eigenvalue weighted by atomic mass is 9.89. The zero-order chi connectivity index (χ0) is 19.9. The molecule has 4 rings (SSSR count). The van der Waals surface area contributed by atoms with Gasteiger partial charge in [0.25, 0.3) is 0 Å². The number of nitrogens with zero attached hydrogens (tertiary/aromatic N) is 3. The zero-order valence-corrected chi connectivity index (χ0v) is 15.4. The van der Waals surface area contributed by atoms with Gasteiger partial charge in [0.05, 0.1) is 11.0 Å². The first-order valence-electron chi connectivity index (χ1n) is 9.13. The highest BCUT2D eigenvalue weighted by molar-refractivity contribution is 5.82. The third-order valence-electron chi connectivity index (χ3n) is 5.24. The highest BCUT2D eigenvalue weighted by atomic mass is 19.4. The van der Waals surface area contributed by atoms with E-state index in [0.717, 1.165) is 48.5 Å². The van der Waals surface area contributed by atoms with Gasteiger partial charge in [0.2, 0.25) is 5.95 Å². The molecule has 2 aromatic carbocycles.